The molecule has 0 aromatic carbocycles. The van der Waals surface area contributed by atoms with Crippen LogP contribution in [0.15, 0.2) is 37.1 Å². The molecule has 27 heavy (non-hydrogen) atoms. The standard InChI is InChI=1S/C18H21N6O2S/c1-3-27(25,26)24-11-18(12-24,6-8-19-2)23-9-5-14(10-23)16-15-4-7-20-17(15)22-13-21-16/h4-5,7,9-10,13H,3,6,11-12H2,1-2H3,(H,20,21,22)/q+1. The minimum Gasteiger partial charge on any atom is -0.346 e. The smallest absolute Gasteiger partial charge is 0.275 e. The number of nitrogens with zero attached hydrogens (tertiary/aromatic N) is 5. The van der Waals surface area contributed by atoms with Gasteiger partial charge in [0.05, 0.1) is 17.0 Å². The van der Waals surface area contributed by atoms with E-state index >= 15 is 0 Å². The van der Waals surface area contributed by atoms with Crippen molar-refractivity contribution < 1.29 is 8.42 Å². The molecule has 0 amide bonds. The SMILES string of the molecule is CCS(=O)(=O)N1CC(CC#[N+]C)(n2ccc(-c3ncnc4[nH]ccc34)c2)C1. The molecular formula is C18H21N6O2S+. The molecule has 1 N–H and O–H groups in total. The second-order valence-electron chi connectivity index (χ2n) is 6.72. The lowest BCUT2D eigenvalue weighted by Crippen LogP contribution is -2.63. The molecule has 1 aliphatic rings. The van der Waals surface area contributed by atoms with Crippen LogP contribution in [0, 0.1) is 6.07 Å². The zero-order valence-electron chi connectivity index (χ0n) is 15.3. The van der Waals surface area contributed by atoms with Crippen molar-refractivity contribution in [3.8, 4) is 17.3 Å². The summed E-state index contributed by atoms with van der Waals surface area (Å²) in [4.78, 5) is 15.7. The van der Waals surface area contributed by atoms with Crippen molar-refractivity contribution in [2.75, 3.05) is 25.9 Å². The number of hydrogen-bond acceptors (Lipinski definition) is 4. The fraction of sp³-hybridized carbons (Fsp3) is 0.389. The topological polar surface area (TPSA) is 88.2 Å². The average Bonchev–Trinajstić information content (AvgIpc) is 3.30. The van der Waals surface area contributed by atoms with E-state index in [1.54, 1.807) is 14.0 Å². The van der Waals surface area contributed by atoms with E-state index in [4.69, 9.17) is 0 Å². The molecule has 1 fully saturated rings. The van der Waals surface area contributed by atoms with Crippen LogP contribution in [0.1, 0.15) is 13.3 Å². The molecule has 4 heterocycles. The van der Waals surface area contributed by atoms with Crippen LogP contribution in [-0.4, -0.2) is 58.1 Å². The fourth-order valence-corrected chi connectivity index (χ4v) is 4.76. The number of aromatic amines is 1. The van der Waals surface area contributed by atoms with Gasteiger partial charge in [-0.05, 0) is 19.1 Å². The third-order valence-electron chi connectivity index (χ3n) is 5.13. The molecule has 1 saturated heterocycles. The Morgan fingerprint density at radius 3 is 2.89 bits per heavy atom. The van der Waals surface area contributed by atoms with E-state index in [1.807, 2.05) is 30.7 Å². The van der Waals surface area contributed by atoms with Gasteiger partial charge in [-0.1, -0.05) is 4.85 Å². The Labute approximate surface area is 157 Å². The van der Waals surface area contributed by atoms with Gasteiger partial charge >= 0.3 is 0 Å². The number of rotatable bonds is 5. The third kappa shape index (κ3) is 2.91. The Balaban J connectivity index is 1.69. The van der Waals surface area contributed by atoms with Gasteiger partial charge in [0.2, 0.25) is 10.0 Å². The van der Waals surface area contributed by atoms with Gasteiger partial charge in [-0.15, -0.1) is 0 Å². The molecule has 0 spiro atoms. The predicted octanol–water partition coefficient (Wildman–Crippen LogP) is 2.14. The first-order chi connectivity index (χ1) is 13.0. The van der Waals surface area contributed by atoms with Gasteiger partial charge in [0, 0.05) is 42.6 Å². The highest BCUT2D eigenvalue weighted by molar-refractivity contribution is 7.89. The molecule has 0 aliphatic carbocycles. The van der Waals surface area contributed by atoms with Crippen molar-refractivity contribution in [3.63, 3.8) is 0 Å². The summed E-state index contributed by atoms with van der Waals surface area (Å²) in [5, 5.41) is 0.953. The molecule has 0 radical (unpaired) electrons. The highest BCUT2D eigenvalue weighted by atomic mass is 32.2. The lowest BCUT2D eigenvalue weighted by atomic mass is 9.89. The number of sulfonamides is 1. The average molecular weight is 385 g/mol. The molecule has 3 aromatic rings. The van der Waals surface area contributed by atoms with E-state index < -0.39 is 10.0 Å². The molecule has 0 bridgehead atoms. The zero-order valence-corrected chi connectivity index (χ0v) is 16.1. The quantitative estimate of drug-likeness (QED) is 0.729. The van der Waals surface area contributed by atoms with Gasteiger partial charge in [0.25, 0.3) is 13.1 Å². The molecule has 9 heteroatoms. The van der Waals surface area contributed by atoms with Crippen molar-refractivity contribution in [2.24, 2.45) is 0 Å². The van der Waals surface area contributed by atoms with Crippen LogP contribution >= 0.6 is 0 Å². The Bertz CT molecular complexity index is 1150. The first-order valence-electron chi connectivity index (χ1n) is 8.75. The van der Waals surface area contributed by atoms with Gasteiger partial charge < -0.3 is 9.55 Å². The first-order valence-corrected chi connectivity index (χ1v) is 10.4. The molecule has 8 nitrogen and oxygen atoms in total. The monoisotopic (exact) mass is 385 g/mol. The van der Waals surface area contributed by atoms with Gasteiger partial charge in [0.15, 0.2) is 0 Å². The second-order valence-corrected chi connectivity index (χ2v) is 8.98. The van der Waals surface area contributed by atoms with E-state index in [1.165, 1.54) is 10.6 Å². The molecular weight excluding hydrogens is 364 g/mol. The number of nitrogens with one attached hydrogen (secondary N) is 1. The zero-order chi connectivity index (χ0) is 19.1. The normalized spacial score (nSPS) is 16.7. The highest BCUT2D eigenvalue weighted by Crippen LogP contribution is 2.36. The van der Waals surface area contributed by atoms with E-state index in [-0.39, 0.29) is 11.3 Å². The van der Waals surface area contributed by atoms with Crippen LogP contribution in [0.3, 0.4) is 0 Å². The molecule has 0 unspecified atom stereocenters. The van der Waals surface area contributed by atoms with Crippen LogP contribution in [0.2, 0.25) is 0 Å². The Hall–Kier alpha value is -2.70. The summed E-state index contributed by atoms with van der Waals surface area (Å²) in [6, 6.07) is 6.96. The molecule has 140 valence electrons. The Kier molecular flexibility index (Phi) is 4.25. The molecule has 3 aromatic heterocycles. The van der Waals surface area contributed by atoms with Crippen molar-refractivity contribution in [3.05, 3.63) is 41.9 Å². The van der Waals surface area contributed by atoms with Crippen LogP contribution in [0.4, 0.5) is 0 Å². The first kappa shape index (κ1) is 17.7. The second kappa shape index (κ2) is 6.48. The minimum absolute atomic E-state index is 0.109. The number of H-pyrrole nitrogens is 1. The summed E-state index contributed by atoms with van der Waals surface area (Å²) in [5.41, 5.74) is 2.23. The Morgan fingerprint density at radius 1 is 1.33 bits per heavy atom. The largest absolute Gasteiger partial charge is 0.346 e. The minimum atomic E-state index is -3.20. The van der Waals surface area contributed by atoms with E-state index in [2.05, 4.69) is 30.4 Å². The van der Waals surface area contributed by atoms with Gasteiger partial charge in [-0.25, -0.2) is 18.4 Å². The summed E-state index contributed by atoms with van der Waals surface area (Å²) < 4.78 is 27.9. The number of fused-ring (bicyclic) bond motifs is 1. The lowest BCUT2D eigenvalue weighted by molar-refractivity contribution is 0.0855. The van der Waals surface area contributed by atoms with Crippen molar-refractivity contribution in [1.29, 1.82) is 0 Å². The fourth-order valence-electron chi connectivity index (χ4n) is 3.52. The van der Waals surface area contributed by atoms with E-state index in [0.717, 1.165) is 22.3 Å². The van der Waals surface area contributed by atoms with Crippen molar-refractivity contribution in [1.82, 2.24) is 23.8 Å². The van der Waals surface area contributed by atoms with Crippen LogP contribution in [0.25, 0.3) is 27.1 Å². The Morgan fingerprint density at radius 2 is 2.15 bits per heavy atom. The summed E-state index contributed by atoms with van der Waals surface area (Å²) in [7, 11) is -1.52. The van der Waals surface area contributed by atoms with Crippen LogP contribution in [-0.2, 0) is 15.6 Å². The highest BCUT2D eigenvalue weighted by Gasteiger charge is 2.49. The number of hydrogen-bond donors (Lipinski definition) is 1. The van der Waals surface area contributed by atoms with Crippen molar-refractivity contribution in [2.45, 2.75) is 18.9 Å². The molecule has 1 aliphatic heterocycles. The van der Waals surface area contributed by atoms with Gasteiger partial charge in [-0.2, -0.15) is 4.31 Å². The molecule has 4 rings (SSSR count). The number of aromatic nitrogens is 4. The summed E-state index contributed by atoms with van der Waals surface area (Å²) >= 11 is 0. The summed E-state index contributed by atoms with van der Waals surface area (Å²) in [6.07, 6.45) is 7.92. The molecule has 0 atom stereocenters. The summed E-state index contributed by atoms with van der Waals surface area (Å²) in [6.45, 7) is 2.51. The van der Waals surface area contributed by atoms with Crippen LogP contribution < -0.4 is 0 Å². The predicted molar refractivity (Wildman–Crippen MR) is 104 cm³/mol. The van der Waals surface area contributed by atoms with Gasteiger partial charge in [0.1, 0.15) is 18.4 Å². The maximum Gasteiger partial charge on any atom is 0.275 e. The van der Waals surface area contributed by atoms with E-state index in [9.17, 15) is 8.42 Å². The van der Waals surface area contributed by atoms with Gasteiger partial charge in [-0.3, -0.25) is 0 Å². The lowest BCUT2D eigenvalue weighted by Gasteiger charge is -2.48. The maximum atomic E-state index is 12.2. The van der Waals surface area contributed by atoms with Crippen LogP contribution in [0.5, 0.6) is 0 Å². The van der Waals surface area contributed by atoms with Crippen molar-refractivity contribution >= 4 is 21.1 Å². The maximum absolute atomic E-state index is 12.2. The molecule has 0 saturated carbocycles. The third-order valence-corrected chi connectivity index (χ3v) is 6.91. The summed E-state index contributed by atoms with van der Waals surface area (Å²) in [5.74, 6) is 0.109. The van der Waals surface area contributed by atoms with E-state index in [0.29, 0.717) is 19.5 Å².